The van der Waals surface area contributed by atoms with E-state index in [2.05, 4.69) is 10.1 Å². The normalized spacial score (nSPS) is 11.1. The van der Waals surface area contributed by atoms with Gasteiger partial charge in [0, 0.05) is 44.8 Å². The van der Waals surface area contributed by atoms with E-state index < -0.39 is 0 Å². The summed E-state index contributed by atoms with van der Waals surface area (Å²) >= 11 is 0. The average molecular weight is 406 g/mol. The lowest BCUT2D eigenvalue weighted by molar-refractivity contribution is -0.135. The number of aromatic nitrogens is 1. The van der Waals surface area contributed by atoms with Crippen LogP contribution in [0.2, 0.25) is 0 Å². The second-order valence-corrected chi connectivity index (χ2v) is 7.25. The molecule has 0 saturated heterocycles. The summed E-state index contributed by atoms with van der Waals surface area (Å²) in [6, 6.07) is 6.17. The molecule has 0 spiro atoms. The summed E-state index contributed by atoms with van der Waals surface area (Å²) in [5.74, 6) is 0.294. The Balaban J connectivity index is 2.45. The van der Waals surface area contributed by atoms with Gasteiger partial charge in [0.25, 0.3) is 0 Å². The fraction of sp³-hybridized carbons (Fsp3) is 0.545. The van der Waals surface area contributed by atoms with E-state index in [1.54, 1.807) is 19.2 Å². The van der Waals surface area contributed by atoms with Gasteiger partial charge in [-0.1, -0.05) is 19.0 Å². The van der Waals surface area contributed by atoms with Crippen LogP contribution in [0.3, 0.4) is 0 Å². The highest BCUT2D eigenvalue weighted by molar-refractivity contribution is 5.79. The number of halogens is 1. The molecule has 29 heavy (non-hydrogen) atoms. The highest BCUT2D eigenvalue weighted by atomic mass is 19.1. The predicted molar refractivity (Wildman–Crippen MR) is 112 cm³/mol. The third-order valence-electron chi connectivity index (χ3n) is 4.87. The summed E-state index contributed by atoms with van der Waals surface area (Å²) in [6.07, 6.45) is 0.743. The molecule has 160 valence electrons. The molecule has 7 heteroatoms. The Morgan fingerprint density at radius 1 is 1.21 bits per heavy atom. The van der Waals surface area contributed by atoms with Gasteiger partial charge in [-0.05, 0) is 44.5 Å². The van der Waals surface area contributed by atoms with Crippen LogP contribution in [0.4, 0.5) is 10.3 Å². The van der Waals surface area contributed by atoms with E-state index in [4.69, 9.17) is 9.26 Å². The van der Waals surface area contributed by atoms with Gasteiger partial charge in [0.05, 0.1) is 12.1 Å². The second kappa shape index (κ2) is 11.0. The lowest BCUT2D eigenvalue weighted by Gasteiger charge is -2.26. The van der Waals surface area contributed by atoms with E-state index in [-0.39, 0.29) is 17.6 Å². The van der Waals surface area contributed by atoms with Crippen LogP contribution >= 0.6 is 0 Å². The zero-order valence-electron chi connectivity index (χ0n) is 18.1. The molecule has 0 atom stereocenters. The van der Waals surface area contributed by atoms with Crippen molar-refractivity contribution in [3.63, 3.8) is 0 Å². The molecule has 0 aliphatic carbocycles. The number of ether oxygens (including phenoxy) is 1. The largest absolute Gasteiger partial charge is 0.385 e. The molecule has 0 fully saturated rings. The van der Waals surface area contributed by atoms with Crippen LogP contribution in [0.15, 0.2) is 28.8 Å². The first-order chi connectivity index (χ1) is 13.9. The Bertz CT molecular complexity index is 770. The molecular formula is C22H32FN3O3. The number of benzene rings is 1. The number of methoxy groups -OCH3 is 1. The van der Waals surface area contributed by atoms with Crippen LogP contribution in [-0.4, -0.2) is 49.3 Å². The Labute approximate surface area is 172 Å². The highest BCUT2D eigenvalue weighted by Gasteiger charge is 2.26. The SMILES string of the molecule is CCN(CC)c1onc(-c2ccc(F)cc2)c1CN(CCCOC)C(=O)C(C)C. The van der Waals surface area contributed by atoms with Crippen molar-refractivity contribution in [3.8, 4) is 11.3 Å². The molecule has 1 amide bonds. The van der Waals surface area contributed by atoms with Crippen molar-refractivity contribution in [2.75, 3.05) is 38.3 Å². The molecular weight excluding hydrogens is 373 g/mol. The molecule has 6 nitrogen and oxygen atoms in total. The van der Waals surface area contributed by atoms with Gasteiger partial charge < -0.3 is 19.1 Å². The molecule has 0 N–H and O–H groups in total. The lowest BCUT2D eigenvalue weighted by Crippen LogP contribution is -2.35. The third kappa shape index (κ3) is 5.79. The Hall–Kier alpha value is -2.41. The summed E-state index contributed by atoms with van der Waals surface area (Å²) in [5.41, 5.74) is 2.24. The smallest absolute Gasteiger partial charge is 0.232 e. The second-order valence-electron chi connectivity index (χ2n) is 7.25. The number of carbonyl (C=O) groups excluding carboxylic acids is 1. The van der Waals surface area contributed by atoms with Gasteiger partial charge in [0.1, 0.15) is 11.5 Å². The molecule has 2 rings (SSSR count). The number of anilines is 1. The van der Waals surface area contributed by atoms with Crippen LogP contribution in [0.25, 0.3) is 11.3 Å². The Kier molecular flexibility index (Phi) is 8.64. The van der Waals surface area contributed by atoms with Gasteiger partial charge in [-0.15, -0.1) is 0 Å². The number of hydrogen-bond donors (Lipinski definition) is 0. The average Bonchev–Trinajstić information content (AvgIpc) is 3.11. The minimum Gasteiger partial charge on any atom is -0.385 e. The van der Waals surface area contributed by atoms with Crippen LogP contribution in [-0.2, 0) is 16.1 Å². The van der Waals surface area contributed by atoms with Gasteiger partial charge in [-0.3, -0.25) is 4.79 Å². The molecule has 0 saturated carbocycles. The van der Waals surface area contributed by atoms with E-state index in [0.717, 1.165) is 30.6 Å². The third-order valence-corrected chi connectivity index (χ3v) is 4.87. The van der Waals surface area contributed by atoms with Crippen LogP contribution in [0.1, 0.15) is 39.7 Å². The number of carbonyl (C=O) groups is 1. The topological polar surface area (TPSA) is 58.8 Å². The fourth-order valence-electron chi connectivity index (χ4n) is 3.26. The number of rotatable bonds is 11. The summed E-state index contributed by atoms with van der Waals surface area (Å²) in [4.78, 5) is 16.7. The highest BCUT2D eigenvalue weighted by Crippen LogP contribution is 2.33. The van der Waals surface area contributed by atoms with Gasteiger partial charge in [0.15, 0.2) is 0 Å². The zero-order valence-corrected chi connectivity index (χ0v) is 18.1. The maximum absolute atomic E-state index is 13.4. The summed E-state index contributed by atoms with van der Waals surface area (Å²) in [5, 5.41) is 4.28. The molecule has 0 unspecified atom stereocenters. The summed E-state index contributed by atoms with van der Waals surface area (Å²) < 4.78 is 24.3. The molecule has 0 aliphatic rings. The van der Waals surface area contributed by atoms with Crippen molar-refractivity contribution in [2.24, 2.45) is 5.92 Å². The fourth-order valence-corrected chi connectivity index (χ4v) is 3.26. The van der Waals surface area contributed by atoms with E-state index in [1.807, 2.05) is 32.6 Å². The maximum atomic E-state index is 13.4. The van der Waals surface area contributed by atoms with Gasteiger partial charge in [-0.25, -0.2) is 4.39 Å². The van der Waals surface area contributed by atoms with E-state index >= 15 is 0 Å². The number of hydrogen-bond acceptors (Lipinski definition) is 5. The number of nitrogens with zero attached hydrogens (tertiary/aromatic N) is 3. The molecule has 1 aromatic carbocycles. The molecule has 2 aromatic rings. The minimum absolute atomic E-state index is 0.0675. The zero-order chi connectivity index (χ0) is 21.4. The molecule has 1 heterocycles. The van der Waals surface area contributed by atoms with Crippen LogP contribution < -0.4 is 4.90 Å². The van der Waals surface area contributed by atoms with Crippen LogP contribution in [0.5, 0.6) is 0 Å². The van der Waals surface area contributed by atoms with Crippen molar-refractivity contribution in [1.82, 2.24) is 10.1 Å². The van der Waals surface area contributed by atoms with Crippen molar-refractivity contribution >= 4 is 11.8 Å². The molecule has 1 aromatic heterocycles. The minimum atomic E-state index is -0.307. The van der Waals surface area contributed by atoms with E-state index in [9.17, 15) is 9.18 Å². The maximum Gasteiger partial charge on any atom is 0.232 e. The van der Waals surface area contributed by atoms with Crippen molar-refractivity contribution in [3.05, 3.63) is 35.6 Å². The van der Waals surface area contributed by atoms with Crippen LogP contribution in [0, 0.1) is 11.7 Å². The van der Waals surface area contributed by atoms with E-state index in [1.165, 1.54) is 12.1 Å². The van der Waals surface area contributed by atoms with Crippen molar-refractivity contribution < 1.29 is 18.4 Å². The van der Waals surface area contributed by atoms with Gasteiger partial charge in [-0.2, -0.15) is 0 Å². The van der Waals surface area contributed by atoms with Crippen molar-refractivity contribution in [2.45, 2.75) is 40.7 Å². The molecule has 0 aliphatic heterocycles. The Morgan fingerprint density at radius 3 is 2.41 bits per heavy atom. The van der Waals surface area contributed by atoms with Gasteiger partial charge >= 0.3 is 0 Å². The van der Waals surface area contributed by atoms with Gasteiger partial charge in [0.2, 0.25) is 11.8 Å². The monoisotopic (exact) mass is 405 g/mol. The molecule has 0 radical (unpaired) electrons. The first-order valence-corrected chi connectivity index (χ1v) is 10.2. The first kappa shape index (κ1) is 22.9. The van der Waals surface area contributed by atoms with Crippen molar-refractivity contribution in [1.29, 1.82) is 0 Å². The molecule has 0 bridgehead atoms. The number of amides is 1. The lowest BCUT2D eigenvalue weighted by atomic mass is 10.1. The first-order valence-electron chi connectivity index (χ1n) is 10.2. The Morgan fingerprint density at radius 2 is 1.86 bits per heavy atom. The predicted octanol–water partition coefficient (Wildman–Crippen LogP) is 4.35. The summed E-state index contributed by atoms with van der Waals surface area (Å²) in [7, 11) is 1.65. The standard InChI is InChI=1S/C22H32FN3O3/c1-6-25(7-2)22-19(15-26(13-8-14-28-5)21(27)16(3)4)20(24-29-22)17-9-11-18(23)12-10-17/h9-12,16H,6-8,13-15H2,1-5H3. The van der Waals surface area contributed by atoms with E-state index in [0.29, 0.717) is 31.3 Å². The summed E-state index contributed by atoms with van der Waals surface area (Å²) in [6.45, 7) is 10.9. The quantitative estimate of drug-likeness (QED) is 0.520.